The molecule has 4 heteroatoms. The molecule has 0 aliphatic carbocycles. The molecule has 0 aliphatic rings. The van der Waals surface area contributed by atoms with Crippen LogP contribution < -0.4 is 10.1 Å². The quantitative estimate of drug-likeness (QED) is 0.687. The highest BCUT2D eigenvalue weighted by molar-refractivity contribution is 9.10. The zero-order valence-corrected chi connectivity index (χ0v) is 15.4. The van der Waals surface area contributed by atoms with Crippen LogP contribution >= 0.6 is 15.9 Å². The molecule has 1 aromatic rings. The van der Waals surface area contributed by atoms with Crippen LogP contribution in [0.4, 0.5) is 0 Å². The summed E-state index contributed by atoms with van der Waals surface area (Å²) in [5.74, 6) is 1.63. The summed E-state index contributed by atoms with van der Waals surface area (Å²) in [6.07, 6.45) is 0. The van der Waals surface area contributed by atoms with Crippen molar-refractivity contribution in [3.63, 3.8) is 0 Å². The Bertz CT molecular complexity index is 406. The van der Waals surface area contributed by atoms with E-state index in [4.69, 9.17) is 4.74 Å². The fourth-order valence-corrected chi connectivity index (χ4v) is 2.69. The Morgan fingerprint density at radius 2 is 1.95 bits per heavy atom. The molecule has 1 aromatic carbocycles. The molecule has 0 fully saturated rings. The molecule has 0 saturated heterocycles. The summed E-state index contributed by atoms with van der Waals surface area (Å²) in [7, 11) is 0. The van der Waals surface area contributed by atoms with E-state index in [-0.39, 0.29) is 0 Å². The van der Waals surface area contributed by atoms with Crippen LogP contribution in [0.15, 0.2) is 22.7 Å². The van der Waals surface area contributed by atoms with E-state index in [2.05, 4.69) is 66.0 Å². The third-order valence-electron chi connectivity index (χ3n) is 3.46. The van der Waals surface area contributed by atoms with E-state index in [0.29, 0.717) is 5.92 Å². The molecular weight excluding hydrogens is 328 g/mol. The van der Waals surface area contributed by atoms with Crippen molar-refractivity contribution in [2.24, 2.45) is 5.92 Å². The molecule has 3 nitrogen and oxygen atoms in total. The second kappa shape index (κ2) is 10.2. The lowest BCUT2D eigenvalue weighted by molar-refractivity contribution is 0.220. The van der Waals surface area contributed by atoms with Gasteiger partial charge in [-0.3, -0.25) is 0 Å². The predicted octanol–water partition coefficient (Wildman–Crippen LogP) is 3.92. The van der Waals surface area contributed by atoms with Gasteiger partial charge in [-0.25, -0.2) is 0 Å². The third-order valence-corrected chi connectivity index (χ3v) is 4.09. The lowest BCUT2D eigenvalue weighted by atomic mass is 10.2. The second-order valence-corrected chi connectivity index (χ2v) is 6.48. The molecule has 0 atom stereocenters. The van der Waals surface area contributed by atoms with Crippen LogP contribution in [-0.4, -0.2) is 37.7 Å². The number of nitrogens with one attached hydrogen (secondary N) is 1. The van der Waals surface area contributed by atoms with Gasteiger partial charge in [-0.15, -0.1) is 0 Å². The third kappa shape index (κ3) is 6.81. The first-order valence-corrected chi connectivity index (χ1v) is 8.71. The maximum absolute atomic E-state index is 6.03. The number of nitrogens with zero attached hydrogens (tertiary/aromatic N) is 1. The maximum atomic E-state index is 6.03. The Balaban J connectivity index is 2.58. The molecule has 1 N–H and O–H groups in total. The van der Waals surface area contributed by atoms with E-state index < -0.39 is 0 Å². The SMILES string of the molecule is CCN(CC)CCOc1c(Br)cccc1CNCC(C)C. The van der Waals surface area contributed by atoms with Gasteiger partial charge in [0.15, 0.2) is 0 Å². The minimum atomic E-state index is 0.657. The number of hydrogen-bond donors (Lipinski definition) is 1. The Labute approximate surface area is 138 Å². The molecule has 0 saturated carbocycles. The molecule has 0 aliphatic heterocycles. The Morgan fingerprint density at radius 3 is 2.57 bits per heavy atom. The fraction of sp³-hybridized carbons (Fsp3) is 0.647. The largest absolute Gasteiger partial charge is 0.491 e. The average molecular weight is 357 g/mol. The number of rotatable bonds is 10. The second-order valence-electron chi connectivity index (χ2n) is 5.63. The molecule has 0 radical (unpaired) electrons. The predicted molar refractivity (Wildman–Crippen MR) is 94.0 cm³/mol. The Hall–Kier alpha value is -0.580. The normalized spacial score (nSPS) is 11.4. The molecular formula is C17H29BrN2O. The van der Waals surface area contributed by atoms with Crippen molar-refractivity contribution in [1.82, 2.24) is 10.2 Å². The topological polar surface area (TPSA) is 24.5 Å². The van der Waals surface area contributed by atoms with Gasteiger partial charge in [-0.1, -0.05) is 39.8 Å². The molecule has 0 aromatic heterocycles. The number of halogens is 1. The highest BCUT2D eigenvalue weighted by Crippen LogP contribution is 2.29. The van der Waals surface area contributed by atoms with Crippen molar-refractivity contribution in [3.05, 3.63) is 28.2 Å². The van der Waals surface area contributed by atoms with E-state index in [1.807, 2.05) is 6.07 Å². The molecule has 120 valence electrons. The van der Waals surface area contributed by atoms with Gasteiger partial charge in [-0.05, 0) is 47.5 Å². The molecule has 0 amide bonds. The van der Waals surface area contributed by atoms with Gasteiger partial charge in [0.2, 0.25) is 0 Å². The minimum absolute atomic E-state index is 0.657. The summed E-state index contributed by atoms with van der Waals surface area (Å²) in [5, 5.41) is 3.48. The molecule has 1 rings (SSSR count). The highest BCUT2D eigenvalue weighted by Gasteiger charge is 2.09. The van der Waals surface area contributed by atoms with Crippen LogP contribution in [0.2, 0.25) is 0 Å². The first-order valence-electron chi connectivity index (χ1n) is 7.91. The van der Waals surface area contributed by atoms with Gasteiger partial charge < -0.3 is 15.0 Å². The van der Waals surface area contributed by atoms with E-state index in [0.717, 1.165) is 49.6 Å². The monoisotopic (exact) mass is 356 g/mol. The minimum Gasteiger partial charge on any atom is -0.491 e. The van der Waals surface area contributed by atoms with Crippen molar-refractivity contribution in [2.75, 3.05) is 32.8 Å². The van der Waals surface area contributed by atoms with Crippen LogP contribution in [0.1, 0.15) is 33.3 Å². The number of para-hydroxylation sites is 1. The van der Waals surface area contributed by atoms with E-state index in [1.165, 1.54) is 5.56 Å². The summed E-state index contributed by atoms with van der Waals surface area (Å²) in [6.45, 7) is 14.5. The van der Waals surface area contributed by atoms with Crippen molar-refractivity contribution in [2.45, 2.75) is 34.2 Å². The van der Waals surface area contributed by atoms with Crippen LogP contribution in [-0.2, 0) is 6.54 Å². The number of benzene rings is 1. The van der Waals surface area contributed by atoms with Crippen molar-refractivity contribution in [3.8, 4) is 5.75 Å². The summed E-state index contributed by atoms with van der Waals surface area (Å²) in [4.78, 5) is 2.37. The summed E-state index contributed by atoms with van der Waals surface area (Å²) < 4.78 is 7.06. The molecule has 0 spiro atoms. The van der Waals surface area contributed by atoms with Crippen LogP contribution in [0.3, 0.4) is 0 Å². The van der Waals surface area contributed by atoms with Gasteiger partial charge in [0.1, 0.15) is 12.4 Å². The van der Waals surface area contributed by atoms with Gasteiger partial charge in [0.05, 0.1) is 4.47 Å². The van der Waals surface area contributed by atoms with Crippen molar-refractivity contribution >= 4 is 15.9 Å². The summed E-state index contributed by atoms with van der Waals surface area (Å²) in [6, 6.07) is 6.23. The zero-order valence-electron chi connectivity index (χ0n) is 13.8. The van der Waals surface area contributed by atoms with E-state index >= 15 is 0 Å². The average Bonchev–Trinajstić information content (AvgIpc) is 2.45. The summed E-state index contributed by atoms with van der Waals surface area (Å²) >= 11 is 3.60. The lowest BCUT2D eigenvalue weighted by Gasteiger charge is -2.20. The molecule has 0 bridgehead atoms. The molecule has 0 unspecified atom stereocenters. The van der Waals surface area contributed by atoms with Gasteiger partial charge in [0.25, 0.3) is 0 Å². The standard InChI is InChI=1S/C17H29BrN2O/c1-5-20(6-2)10-11-21-17-15(8-7-9-16(17)18)13-19-12-14(3)4/h7-9,14,19H,5-6,10-13H2,1-4H3. The Kier molecular flexibility index (Phi) is 8.97. The highest BCUT2D eigenvalue weighted by atomic mass is 79.9. The van der Waals surface area contributed by atoms with Gasteiger partial charge in [-0.2, -0.15) is 0 Å². The number of ether oxygens (including phenoxy) is 1. The van der Waals surface area contributed by atoms with Crippen LogP contribution in [0.5, 0.6) is 5.75 Å². The zero-order chi connectivity index (χ0) is 15.7. The lowest BCUT2D eigenvalue weighted by Crippen LogP contribution is -2.28. The van der Waals surface area contributed by atoms with Crippen molar-refractivity contribution < 1.29 is 4.74 Å². The first-order chi connectivity index (χ1) is 10.1. The van der Waals surface area contributed by atoms with Crippen LogP contribution in [0.25, 0.3) is 0 Å². The summed E-state index contributed by atoms with van der Waals surface area (Å²) in [5.41, 5.74) is 1.21. The van der Waals surface area contributed by atoms with Crippen molar-refractivity contribution in [1.29, 1.82) is 0 Å². The first kappa shape index (κ1) is 18.5. The van der Waals surface area contributed by atoms with Gasteiger partial charge >= 0.3 is 0 Å². The fourth-order valence-electron chi connectivity index (χ4n) is 2.17. The maximum Gasteiger partial charge on any atom is 0.138 e. The molecule has 0 heterocycles. The van der Waals surface area contributed by atoms with Crippen LogP contribution in [0, 0.1) is 5.92 Å². The number of likely N-dealkylation sites (N-methyl/N-ethyl adjacent to an activating group) is 1. The smallest absolute Gasteiger partial charge is 0.138 e. The van der Waals surface area contributed by atoms with Gasteiger partial charge in [0, 0.05) is 18.7 Å². The Morgan fingerprint density at radius 1 is 1.24 bits per heavy atom. The van der Waals surface area contributed by atoms with E-state index in [9.17, 15) is 0 Å². The van der Waals surface area contributed by atoms with E-state index in [1.54, 1.807) is 0 Å². The molecule has 21 heavy (non-hydrogen) atoms. The number of hydrogen-bond acceptors (Lipinski definition) is 3.